The largest absolute Gasteiger partial charge is 0.481 e. The van der Waals surface area contributed by atoms with Crippen LogP contribution in [0.5, 0.6) is 5.75 Å². The first kappa shape index (κ1) is 16.9. The van der Waals surface area contributed by atoms with Gasteiger partial charge in [-0.25, -0.2) is 8.78 Å². The zero-order chi connectivity index (χ0) is 15.3. The third-order valence-corrected chi connectivity index (χ3v) is 3.13. The van der Waals surface area contributed by atoms with Crippen molar-refractivity contribution in [2.24, 2.45) is 5.73 Å². The van der Waals surface area contributed by atoms with Gasteiger partial charge in [0.1, 0.15) is 5.75 Å². The van der Waals surface area contributed by atoms with E-state index in [1.54, 1.807) is 0 Å². The standard InChI is InChI=1S/C12H14Cl2F2N2O2/c1-7(11(19)18-6-12(15,16)5-17)20-8-2-3-9(13)10(14)4-8/h2-4,7H,5-6,17H2,1H3,(H,18,19). The molecule has 20 heavy (non-hydrogen) atoms. The van der Waals surface area contributed by atoms with Gasteiger partial charge in [-0.1, -0.05) is 23.2 Å². The molecule has 0 bridgehead atoms. The molecule has 1 unspecified atom stereocenters. The Hall–Kier alpha value is -1.11. The van der Waals surface area contributed by atoms with Crippen molar-refractivity contribution < 1.29 is 18.3 Å². The summed E-state index contributed by atoms with van der Waals surface area (Å²) in [4.78, 5) is 11.6. The molecule has 1 atom stereocenters. The highest BCUT2D eigenvalue weighted by Crippen LogP contribution is 2.26. The Morgan fingerprint density at radius 2 is 2.10 bits per heavy atom. The summed E-state index contributed by atoms with van der Waals surface area (Å²) in [7, 11) is 0. The van der Waals surface area contributed by atoms with Crippen LogP contribution in [0.3, 0.4) is 0 Å². The van der Waals surface area contributed by atoms with Gasteiger partial charge < -0.3 is 15.8 Å². The van der Waals surface area contributed by atoms with Crippen molar-refractivity contribution in [1.82, 2.24) is 5.32 Å². The molecule has 1 aromatic carbocycles. The summed E-state index contributed by atoms with van der Waals surface area (Å²) in [6.45, 7) is -0.245. The van der Waals surface area contributed by atoms with E-state index in [1.165, 1.54) is 25.1 Å². The Kier molecular flexibility index (Phi) is 5.98. The van der Waals surface area contributed by atoms with Crippen molar-refractivity contribution in [3.8, 4) is 5.75 Å². The van der Waals surface area contributed by atoms with Gasteiger partial charge in [0.2, 0.25) is 0 Å². The lowest BCUT2D eigenvalue weighted by Crippen LogP contribution is -2.45. The Morgan fingerprint density at radius 3 is 2.65 bits per heavy atom. The Morgan fingerprint density at radius 1 is 1.45 bits per heavy atom. The van der Waals surface area contributed by atoms with E-state index < -0.39 is 31.0 Å². The van der Waals surface area contributed by atoms with Crippen molar-refractivity contribution in [3.63, 3.8) is 0 Å². The number of nitrogens with two attached hydrogens (primary N) is 1. The number of carbonyl (C=O) groups excluding carboxylic acids is 1. The van der Waals surface area contributed by atoms with Gasteiger partial charge >= 0.3 is 0 Å². The van der Waals surface area contributed by atoms with Crippen molar-refractivity contribution in [1.29, 1.82) is 0 Å². The van der Waals surface area contributed by atoms with Crippen LogP contribution in [0.25, 0.3) is 0 Å². The van der Waals surface area contributed by atoms with Crippen LogP contribution >= 0.6 is 23.2 Å². The maximum atomic E-state index is 12.9. The summed E-state index contributed by atoms with van der Waals surface area (Å²) >= 11 is 11.5. The molecule has 3 N–H and O–H groups in total. The number of halogens is 4. The minimum Gasteiger partial charge on any atom is -0.481 e. The Bertz CT molecular complexity index is 487. The maximum Gasteiger partial charge on any atom is 0.277 e. The van der Waals surface area contributed by atoms with Crippen LogP contribution in [0.4, 0.5) is 8.78 Å². The van der Waals surface area contributed by atoms with E-state index in [2.05, 4.69) is 5.32 Å². The summed E-state index contributed by atoms with van der Waals surface area (Å²) in [6, 6.07) is 4.46. The van der Waals surface area contributed by atoms with Crippen LogP contribution in [0.1, 0.15) is 6.92 Å². The molecule has 0 heterocycles. The number of hydrogen-bond acceptors (Lipinski definition) is 3. The second kappa shape index (κ2) is 7.06. The van der Waals surface area contributed by atoms with E-state index in [9.17, 15) is 13.6 Å². The number of alkyl halides is 2. The fourth-order valence-corrected chi connectivity index (χ4v) is 1.53. The number of carbonyl (C=O) groups is 1. The fraction of sp³-hybridized carbons (Fsp3) is 0.417. The second-order valence-corrected chi connectivity index (χ2v) is 4.93. The lowest BCUT2D eigenvalue weighted by atomic mass is 10.3. The minimum absolute atomic E-state index is 0.270. The van der Waals surface area contributed by atoms with Crippen LogP contribution < -0.4 is 15.8 Å². The van der Waals surface area contributed by atoms with Gasteiger partial charge in [0, 0.05) is 6.07 Å². The fourth-order valence-electron chi connectivity index (χ4n) is 1.24. The summed E-state index contributed by atoms with van der Waals surface area (Å²) < 4.78 is 31.1. The number of benzene rings is 1. The highest BCUT2D eigenvalue weighted by Gasteiger charge is 2.28. The maximum absolute atomic E-state index is 12.9. The van der Waals surface area contributed by atoms with Crippen LogP contribution in [0.15, 0.2) is 18.2 Å². The number of amides is 1. The van der Waals surface area contributed by atoms with Gasteiger partial charge in [-0.15, -0.1) is 0 Å². The van der Waals surface area contributed by atoms with Crippen molar-refractivity contribution in [2.45, 2.75) is 19.0 Å². The van der Waals surface area contributed by atoms with Crippen LogP contribution in [0.2, 0.25) is 10.0 Å². The molecule has 1 rings (SSSR count). The van der Waals surface area contributed by atoms with Gasteiger partial charge in [0.15, 0.2) is 6.10 Å². The van der Waals surface area contributed by atoms with Gasteiger partial charge in [0.05, 0.1) is 23.1 Å². The van der Waals surface area contributed by atoms with E-state index in [4.69, 9.17) is 33.7 Å². The Labute approximate surface area is 125 Å². The molecule has 112 valence electrons. The molecule has 0 spiro atoms. The average molecular weight is 327 g/mol. The second-order valence-electron chi connectivity index (χ2n) is 4.11. The van der Waals surface area contributed by atoms with Gasteiger partial charge in [-0.3, -0.25) is 4.79 Å². The monoisotopic (exact) mass is 326 g/mol. The van der Waals surface area contributed by atoms with E-state index in [1.807, 2.05) is 0 Å². The van der Waals surface area contributed by atoms with Crippen molar-refractivity contribution >= 4 is 29.1 Å². The molecule has 0 aliphatic carbocycles. The third-order valence-electron chi connectivity index (χ3n) is 2.39. The average Bonchev–Trinajstić information content (AvgIpc) is 2.40. The first-order chi connectivity index (χ1) is 9.25. The van der Waals surface area contributed by atoms with Gasteiger partial charge in [-0.2, -0.15) is 0 Å². The molecule has 0 fully saturated rings. The molecular formula is C12H14Cl2F2N2O2. The molecule has 0 aromatic heterocycles. The summed E-state index contributed by atoms with van der Waals surface area (Å²) in [5, 5.41) is 2.68. The van der Waals surface area contributed by atoms with Crippen LogP contribution in [-0.4, -0.2) is 31.0 Å². The highest BCUT2D eigenvalue weighted by atomic mass is 35.5. The molecule has 0 radical (unpaired) electrons. The molecule has 8 heteroatoms. The number of rotatable bonds is 6. The first-order valence-corrected chi connectivity index (χ1v) is 6.48. The molecule has 1 aromatic rings. The summed E-state index contributed by atoms with van der Waals surface area (Å²) in [6.07, 6.45) is -0.958. The van der Waals surface area contributed by atoms with E-state index in [-0.39, 0.29) is 5.02 Å². The van der Waals surface area contributed by atoms with Gasteiger partial charge in [-0.05, 0) is 19.1 Å². The molecular weight excluding hydrogens is 313 g/mol. The highest BCUT2D eigenvalue weighted by molar-refractivity contribution is 6.42. The zero-order valence-electron chi connectivity index (χ0n) is 10.6. The normalized spacial score (nSPS) is 12.9. The first-order valence-electron chi connectivity index (χ1n) is 5.72. The number of ether oxygens (including phenoxy) is 1. The SMILES string of the molecule is CC(Oc1ccc(Cl)c(Cl)c1)C(=O)NCC(F)(F)CN. The van der Waals surface area contributed by atoms with Gasteiger partial charge in [0.25, 0.3) is 11.8 Å². The number of hydrogen-bond donors (Lipinski definition) is 2. The lowest BCUT2D eigenvalue weighted by Gasteiger charge is -2.18. The quantitative estimate of drug-likeness (QED) is 0.844. The molecule has 0 aliphatic rings. The molecule has 4 nitrogen and oxygen atoms in total. The summed E-state index contributed by atoms with van der Waals surface area (Å²) in [5.41, 5.74) is 4.86. The minimum atomic E-state index is -3.14. The zero-order valence-corrected chi connectivity index (χ0v) is 12.1. The molecule has 1 amide bonds. The van der Waals surface area contributed by atoms with Crippen molar-refractivity contribution in [3.05, 3.63) is 28.2 Å². The van der Waals surface area contributed by atoms with Crippen LogP contribution in [0, 0.1) is 0 Å². The van der Waals surface area contributed by atoms with Crippen LogP contribution in [-0.2, 0) is 4.79 Å². The van der Waals surface area contributed by atoms with E-state index in [0.29, 0.717) is 10.8 Å². The Balaban J connectivity index is 2.55. The van der Waals surface area contributed by atoms with E-state index >= 15 is 0 Å². The smallest absolute Gasteiger partial charge is 0.277 e. The molecule has 0 saturated carbocycles. The summed E-state index contributed by atoms with van der Waals surface area (Å²) in [5.74, 6) is -3.50. The van der Waals surface area contributed by atoms with E-state index in [0.717, 1.165) is 0 Å². The predicted octanol–water partition coefficient (Wildman–Crippen LogP) is 2.47. The molecule has 0 saturated heterocycles. The topological polar surface area (TPSA) is 64.3 Å². The number of nitrogens with one attached hydrogen (secondary N) is 1. The molecule has 0 aliphatic heterocycles. The third kappa shape index (κ3) is 5.11. The predicted molar refractivity (Wildman–Crippen MR) is 73.6 cm³/mol. The van der Waals surface area contributed by atoms with Crippen molar-refractivity contribution in [2.75, 3.05) is 13.1 Å². The lowest BCUT2D eigenvalue weighted by molar-refractivity contribution is -0.129.